The Labute approximate surface area is 181 Å². The number of aromatic nitrogens is 5. The molecule has 1 atom stereocenters. The second kappa shape index (κ2) is 8.66. The predicted octanol–water partition coefficient (Wildman–Crippen LogP) is 4.02. The lowest BCUT2D eigenvalue weighted by Crippen LogP contribution is -2.26. The van der Waals surface area contributed by atoms with Crippen molar-refractivity contribution in [3.8, 4) is 5.69 Å². The first-order valence-electron chi connectivity index (χ1n) is 9.77. The van der Waals surface area contributed by atoms with Crippen LogP contribution in [0.5, 0.6) is 0 Å². The number of benzene rings is 2. The molecule has 2 heterocycles. The van der Waals surface area contributed by atoms with E-state index in [4.69, 9.17) is 0 Å². The molecule has 32 heavy (non-hydrogen) atoms. The second-order valence-electron chi connectivity index (χ2n) is 7.25. The van der Waals surface area contributed by atoms with Crippen LogP contribution >= 0.6 is 0 Å². The van der Waals surface area contributed by atoms with Crippen molar-refractivity contribution in [2.45, 2.75) is 25.7 Å². The van der Waals surface area contributed by atoms with Gasteiger partial charge >= 0.3 is 6.18 Å². The molecule has 0 unspecified atom stereocenters. The minimum Gasteiger partial charge on any atom is -0.344 e. The topological polar surface area (TPSA) is 77.6 Å². The first kappa shape index (κ1) is 21.3. The van der Waals surface area contributed by atoms with Crippen LogP contribution in [0.2, 0.25) is 0 Å². The lowest BCUT2D eigenvalue weighted by molar-refractivity contribution is -0.137. The fourth-order valence-corrected chi connectivity index (χ4v) is 3.15. The molecule has 0 saturated carbocycles. The molecule has 10 heteroatoms. The Morgan fingerprint density at radius 2 is 1.88 bits per heavy atom. The van der Waals surface area contributed by atoms with Gasteiger partial charge in [0.2, 0.25) is 0 Å². The summed E-state index contributed by atoms with van der Waals surface area (Å²) in [6.07, 6.45) is 0.469. The predicted molar refractivity (Wildman–Crippen MR) is 110 cm³/mol. The van der Waals surface area contributed by atoms with E-state index < -0.39 is 17.6 Å². The van der Waals surface area contributed by atoms with Gasteiger partial charge in [-0.15, -0.1) is 5.10 Å². The van der Waals surface area contributed by atoms with E-state index in [1.807, 2.05) is 43.5 Å². The third-order valence-electron chi connectivity index (χ3n) is 4.84. The lowest BCUT2D eigenvalue weighted by atomic mass is 10.1. The first-order chi connectivity index (χ1) is 15.3. The quantitative estimate of drug-likeness (QED) is 0.491. The van der Waals surface area contributed by atoms with Crippen LogP contribution in [0.15, 0.2) is 73.2 Å². The molecule has 0 aliphatic rings. The summed E-state index contributed by atoms with van der Waals surface area (Å²) in [7, 11) is 0. The molecule has 0 spiro atoms. The molecule has 2 aromatic carbocycles. The number of nitrogens with one attached hydrogen (secondary N) is 1. The maximum atomic E-state index is 12.9. The molecule has 2 aromatic heterocycles. The van der Waals surface area contributed by atoms with Gasteiger partial charge in [-0.2, -0.15) is 18.3 Å². The molecule has 0 saturated heterocycles. The highest BCUT2D eigenvalue weighted by Crippen LogP contribution is 2.29. The summed E-state index contributed by atoms with van der Waals surface area (Å²) in [4.78, 5) is 12.6. The Hall–Kier alpha value is -3.95. The van der Waals surface area contributed by atoms with E-state index in [2.05, 4.69) is 20.7 Å². The van der Waals surface area contributed by atoms with Crippen molar-refractivity contribution < 1.29 is 18.0 Å². The van der Waals surface area contributed by atoms with Crippen LogP contribution < -0.4 is 5.32 Å². The van der Waals surface area contributed by atoms with E-state index in [9.17, 15) is 18.0 Å². The molecule has 7 nitrogen and oxygen atoms in total. The van der Waals surface area contributed by atoms with E-state index in [0.717, 1.165) is 23.4 Å². The van der Waals surface area contributed by atoms with E-state index in [-0.39, 0.29) is 18.3 Å². The molecule has 0 fully saturated rings. The highest BCUT2D eigenvalue weighted by Gasteiger charge is 2.30. The summed E-state index contributed by atoms with van der Waals surface area (Å²) >= 11 is 0. The minimum absolute atomic E-state index is 0.0591. The Kier molecular flexibility index (Phi) is 5.76. The van der Waals surface area contributed by atoms with E-state index >= 15 is 0 Å². The minimum atomic E-state index is -4.42. The first-order valence-corrected chi connectivity index (χ1v) is 9.77. The maximum absolute atomic E-state index is 12.9. The number of alkyl halides is 3. The fraction of sp³-hybridized carbons (Fsp3) is 0.182. The van der Waals surface area contributed by atoms with Crippen LogP contribution in [-0.2, 0) is 12.7 Å². The number of carbonyl (C=O) groups is 1. The van der Waals surface area contributed by atoms with Crippen molar-refractivity contribution in [1.82, 2.24) is 30.1 Å². The SMILES string of the molecule is C[C@@H](NC(=O)c1cn(Cc2cccc(C(F)(F)F)c2)nn1)c1cnn(-c2ccccc2)c1. The molecule has 4 aromatic rings. The Bertz CT molecular complexity index is 1220. The van der Waals surface area contributed by atoms with Gasteiger partial charge in [0.05, 0.1) is 36.2 Å². The Balaban J connectivity index is 1.40. The van der Waals surface area contributed by atoms with Gasteiger partial charge in [-0.1, -0.05) is 35.5 Å². The zero-order valence-electron chi connectivity index (χ0n) is 17.0. The standard InChI is InChI=1S/C22H19F3N6O/c1-15(17-11-26-31(13-17)19-8-3-2-4-9-19)27-21(32)20-14-30(29-28-20)12-16-6-5-7-18(10-16)22(23,24)25/h2-11,13-15H,12H2,1H3,(H,27,32)/t15-/m1/s1. The molecular weight excluding hydrogens is 421 g/mol. The largest absolute Gasteiger partial charge is 0.416 e. The molecule has 0 aliphatic heterocycles. The van der Waals surface area contributed by atoms with E-state index in [1.54, 1.807) is 16.9 Å². The number of rotatable bonds is 6. The van der Waals surface area contributed by atoms with E-state index in [0.29, 0.717) is 5.56 Å². The van der Waals surface area contributed by atoms with Crippen LogP contribution in [0.25, 0.3) is 5.69 Å². The molecule has 1 amide bonds. The molecule has 4 rings (SSSR count). The van der Waals surface area contributed by atoms with Gasteiger partial charge < -0.3 is 5.32 Å². The number of halogens is 3. The number of hydrogen-bond donors (Lipinski definition) is 1. The van der Waals surface area contributed by atoms with Crippen molar-refractivity contribution >= 4 is 5.91 Å². The summed E-state index contributed by atoms with van der Waals surface area (Å²) < 4.78 is 41.7. The van der Waals surface area contributed by atoms with E-state index in [1.165, 1.54) is 16.9 Å². The van der Waals surface area contributed by atoms with Crippen molar-refractivity contribution in [2.75, 3.05) is 0 Å². The second-order valence-corrected chi connectivity index (χ2v) is 7.25. The highest BCUT2D eigenvalue weighted by molar-refractivity contribution is 5.92. The summed E-state index contributed by atoms with van der Waals surface area (Å²) in [5.41, 5.74) is 1.43. The number of hydrogen-bond acceptors (Lipinski definition) is 4. The number of para-hydroxylation sites is 1. The molecule has 164 valence electrons. The third-order valence-corrected chi connectivity index (χ3v) is 4.84. The number of nitrogens with zero attached hydrogens (tertiary/aromatic N) is 5. The van der Waals surface area contributed by atoms with Crippen molar-refractivity contribution in [2.24, 2.45) is 0 Å². The van der Waals surface area contributed by atoms with Gasteiger partial charge in [0, 0.05) is 11.8 Å². The van der Waals surface area contributed by atoms with Gasteiger partial charge in [-0.3, -0.25) is 4.79 Å². The lowest BCUT2D eigenvalue weighted by Gasteiger charge is -2.10. The van der Waals surface area contributed by atoms with Crippen molar-refractivity contribution in [1.29, 1.82) is 0 Å². The average molecular weight is 440 g/mol. The van der Waals surface area contributed by atoms with Gasteiger partial charge in [0.1, 0.15) is 0 Å². The third kappa shape index (κ3) is 4.85. The van der Waals surface area contributed by atoms with Crippen molar-refractivity contribution in [3.05, 3.63) is 95.6 Å². The zero-order valence-corrected chi connectivity index (χ0v) is 17.0. The smallest absolute Gasteiger partial charge is 0.344 e. The fourth-order valence-electron chi connectivity index (χ4n) is 3.15. The molecule has 0 radical (unpaired) electrons. The zero-order chi connectivity index (χ0) is 22.7. The van der Waals surface area contributed by atoms with Gasteiger partial charge in [0.15, 0.2) is 5.69 Å². The Morgan fingerprint density at radius 1 is 1.09 bits per heavy atom. The van der Waals surface area contributed by atoms with Gasteiger partial charge in [0.25, 0.3) is 5.91 Å². The average Bonchev–Trinajstić information content (AvgIpc) is 3.44. The summed E-state index contributed by atoms with van der Waals surface area (Å²) in [6, 6.07) is 14.2. The number of carbonyl (C=O) groups excluding carboxylic acids is 1. The van der Waals surface area contributed by atoms with Crippen LogP contribution in [0.4, 0.5) is 13.2 Å². The highest BCUT2D eigenvalue weighted by atomic mass is 19.4. The molecule has 0 bridgehead atoms. The Morgan fingerprint density at radius 3 is 2.62 bits per heavy atom. The molecule has 1 N–H and O–H groups in total. The van der Waals surface area contributed by atoms with Crippen LogP contribution in [0, 0.1) is 0 Å². The monoisotopic (exact) mass is 440 g/mol. The normalized spacial score (nSPS) is 12.5. The maximum Gasteiger partial charge on any atom is 0.416 e. The van der Waals surface area contributed by atoms with Gasteiger partial charge in [-0.25, -0.2) is 9.36 Å². The van der Waals surface area contributed by atoms with Crippen molar-refractivity contribution in [3.63, 3.8) is 0 Å². The number of amides is 1. The summed E-state index contributed by atoms with van der Waals surface area (Å²) in [6.45, 7) is 1.88. The van der Waals surface area contributed by atoms with Crippen LogP contribution in [0.1, 0.15) is 40.1 Å². The van der Waals surface area contributed by atoms with Gasteiger partial charge in [-0.05, 0) is 36.8 Å². The molecular formula is C22H19F3N6O. The van der Waals surface area contributed by atoms with Crippen LogP contribution in [-0.4, -0.2) is 30.7 Å². The summed E-state index contributed by atoms with van der Waals surface area (Å²) in [5, 5.41) is 14.8. The van der Waals surface area contributed by atoms with Crippen LogP contribution in [0.3, 0.4) is 0 Å². The summed E-state index contributed by atoms with van der Waals surface area (Å²) in [5.74, 6) is -0.444. The molecule has 0 aliphatic carbocycles.